The normalized spacial score (nSPS) is 17.4. The Kier molecular flexibility index (Phi) is 6.95. The molecule has 2 heterocycles. The number of pyridine rings is 1. The number of allylic oxidation sites excluding steroid dienone is 1. The fourth-order valence-corrected chi connectivity index (χ4v) is 4.36. The van der Waals surface area contributed by atoms with E-state index in [4.69, 9.17) is 16.9 Å². The second-order valence-electron chi connectivity index (χ2n) is 8.62. The molecule has 0 bridgehead atoms. The number of nitriles is 1. The first-order valence-corrected chi connectivity index (χ1v) is 11.5. The maximum Gasteiger partial charge on any atom is 0.268 e. The van der Waals surface area contributed by atoms with Gasteiger partial charge in [-0.2, -0.15) is 5.26 Å². The van der Waals surface area contributed by atoms with Gasteiger partial charge in [0.25, 0.3) is 5.92 Å². The third kappa shape index (κ3) is 5.55. The highest BCUT2D eigenvalue weighted by Crippen LogP contribution is 2.32. The number of carbonyl (C=O) groups excluding carboxylic acids is 2. The molecule has 4 rings (SSSR count). The highest BCUT2D eigenvalue weighted by Gasteiger charge is 2.47. The van der Waals surface area contributed by atoms with Crippen molar-refractivity contribution in [3.05, 3.63) is 76.4 Å². The van der Waals surface area contributed by atoms with Crippen LogP contribution in [0.3, 0.4) is 0 Å². The van der Waals surface area contributed by atoms with Crippen molar-refractivity contribution in [3.8, 4) is 6.07 Å². The second kappa shape index (κ2) is 9.93. The van der Waals surface area contributed by atoms with E-state index in [2.05, 4.69) is 4.98 Å². The van der Waals surface area contributed by atoms with Crippen molar-refractivity contribution in [2.75, 3.05) is 6.54 Å². The molecule has 1 atom stereocenters. The zero-order valence-corrected chi connectivity index (χ0v) is 19.7. The Morgan fingerprint density at radius 3 is 2.66 bits per heavy atom. The van der Waals surface area contributed by atoms with Gasteiger partial charge in [-0.05, 0) is 54.0 Å². The number of halogens is 3. The molecule has 5 nitrogen and oxygen atoms in total. The van der Waals surface area contributed by atoms with E-state index in [1.807, 2.05) is 55.5 Å². The summed E-state index contributed by atoms with van der Waals surface area (Å²) < 4.78 is 27.3. The Hall–Kier alpha value is -3.63. The summed E-state index contributed by atoms with van der Waals surface area (Å²) in [7, 11) is 0. The number of alkyl halides is 2. The van der Waals surface area contributed by atoms with Crippen molar-refractivity contribution in [1.82, 2.24) is 9.88 Å². The number of benzene rings is 2. The number of nitrogens with zero attached hydrogens (tertiary/aromatic N) is 3. The van der Waals surface area contributed by atoms with Crippen LogP contribution >= 0.6 is 11.6 Å². The van der Waals surface area contributed by atoms with E-state index >= 15 is 0 Å². The molecular weight excluding hydrogens is 472 g/mol. The van der Waals surface area contributed by atoms with Gasteiger partial charge in [0.15, 0.2) is 5.78 Å². The number of hydrogen-bond acceptors (Lipinski definition) is 4. The summed E-state index contributed by atoms with van der Waals surface area (Å²) in [4.78, 5) is 30.7. The Morgan fingerprint density at radius 1 is 1.20 bits per heavy atom. The monoisotopic (exact) mass is 493 g/mol. The van der Waals surface area contributed by atoms with Crippen LogP contribution in [0.15, 0.2) is 54.7 Å². The molecule has 1 saturated heterocycles. The number of aromatic nitrogens is 1. The first-order chi connectivity index (χ1) is 16.7. The first kappa shape index (κ1) is 24.5. The van der Waals surface area contributed by atoms with Gasteiger partial charge in [-0.3, -0.25) is 14.6 Å². The van der Waals surface area contributed by atoms with Crippen molar-refractivity contribution in [1.29, 1.82) is 5.26 Å². The first-order valence-electron chi connectivity index (χ1n) is 11.1. The molecule has 0 radical (unpaired) electrons. The lowest BCUT2D eigenvalue weighted by atomic mass is 9.98. The van der Waals surface area contributed by atoms with Crippen molar-refractivity contribution >= 4 is 45.8 Å². The van der Waals surface area contributed by atoms with Crippen LogP contribution in [0, 0.1) is 11.3 Å². The van der Waals surface area contributed by atoms with Gasteiger partial charge in [-0.15, -0.1) is 0 Å². The number of ketones is 1. The standard InChI is InChI=1S/C27H22ClF2N3O2/c1-17(19-3-5-20(28)6-4-19)12-18-2-7-24-23(13-18)22(10-11-32-24)25(34)8-9-26(35)33-16-27(29,30)14-21(33)15-31/h2-7,10-13,21H,8-9,14,16H2,1H3/b17-12+/t21-/m0/s1. The lowest BCUT2D eigenvalue weighted by molar-refractivity contribution is -0.132. The summed E-state index contributed by atoms with van der Waals surface area (Å²) >= 11 is 5.97. The van der Waals surface area contributed by atoms with Gasteiger partial charge in [0.05, 0.1) is 18.1 Å². The fraction of sp³-hybridized carbons (Fsp3) is 0.259. The largest absolute Gasteiger partial charge is 0.320 e. The molecule has 8 heteroatoms. The number of rotatable bonds is 6. The molecular formula is C27H22ClF2N3O2. The van der Waals surface area contributed by atoms with E-state index in [0.717, 1.165) is 21.6 Å². The zero-order valence-electron chi connectivity index (χ0n) is 19.0. The molecule has 178 valence electrons. The molecule has 0 N–H and O–H groups in total. The zero-order chi connectivity index (χ0) is 25.2. The van der Waals surface area contributed by atoms with Crippen molar-refractivity contribution < 1.29 is 18.4 Å². The number of Topliss-reactive ketones (excluding diaryl/α,β-unsaturated/α-hetero) is 1. The van der Waals surface area contributed by atoms with E-state index in [-0.39, 0.29) is 18.6 Å². The van der Waals surface area contributed by atoms with E-state index < -0.39 is 30.8 Å². The number of fused-ring (bicyclic) bond motifs is 1. The van der Waals surface area contributed by atoms with Crippen LogP contribution in [-0.2, 0) is 4.79 Å². The molecule has 0 aliphatic carbocycles. The third-order valence-corrected chi connectivity index (χ3v) is 6.31. The highest BCUT2D eigenvalue weighted by molar-refractivity contribution is 6.30. The van der Waals surface area contributed by atoms with Crippen molar-refractivity contribution in [2.45, 2.75) is 38.2 Å². The summed E-state index contributed by atoms with van der Waals surface area (Å²) in [6.45, 7) is 1.18. The van der Waals surface area contributed by atoms with Crippen LogP contribution < -0.4 is 0 Å². The molecule has 1 amide bonds. The molecule has 0 saturated carbocycles. The predicted molar refractivity (Wildman–Crippen MR) is 131 cm³/mol. The summed E-state index contributed by atoms with van der Waals surface area (Å²) in [5.41, 5.74) is 3.94. The molecule has 3 aromatic rings. The summed E-state index contributed by atoms with van der Waals surface area (Å²) in [6.07, 6.45) is 2.44. The van der Waals surface area contributed by atoms with Gasteiger partial charge >= 0.3 is 0 Å². The molecule has 1 aliphatic rings. The Bertz CT molecular complexity index is 1360. The second-order valence-corrected chi connectivity index (χ2v) is 9.06. The molecule has 2 aromatic carbocycles. The van der Waals surface area contributed by atoms with Crippen molar-refractivity contribution in [3.63, 3.8) is 0 Å². The third-order valence-electron chi connectivity index (χ3n) is 6.05. The number of likely N-dealkylation sites (tertiary alicyclic amines) is 1. The molecule has 1 aromatic heterocycles. The SMILES string of the molecule is C/C(=C\c1ccc2nccc(C(=O)CCC(=O)N3CC(F)(F)C[C@H]3C#N)c2c1)c1ccc(Cl)cc1. The van der Waals surface area contributed by atoms with Gasteiger partial charge in [-0.25, -0.2) is 8.78 Å². The number of carbonyl (C=O) groups is 2. The van der Waals surface area contributed by atoms with Crippen LogP contribution in [0.1, 0.15) is 47.7 Å². The molecule has 0 spiro atoms. The lowest BCUT2D eigenvalue weighted by Crippen LogP contribution is -2.36. The van der Waals surface area contributed by atoms with Crippen LogP contribution in [0.5, 0.6) is 0 Å². The van der Waals surface area contributed by atoms with Crippen LogP contribution in [0.4, 0.5) is 8.78 Å². The Morgan fingerprint density at radius 2 is 1.94 bits per heavy atom. The van der Waals surface area contributed by atoms with E-state index in [0.29, 0.717) is 21.5 Å². The van der Waals surface area contributed by atoms with Gasteiger partial charge in [-0.1, -0.05) is 35.9 Å². The Labute approximate surface area is 206 Å². The van der Waals surface area contributed by atoms with Crippen LogP contribution in [0.2, 0.25) is 5.02 Å². The predicted octanol–water partition coefficient (Wildman–Crippen LogP) is 6.17. The summed E-state index contributed by atoms with van der Waals surface area (Å²) in [6, 6.07) is 15.3. The molecule has 35 heavy (non-hydrogen) atoms. The topological polar surface area (TPSA) is 74.1 Å². The van der Waals surface area contributed by atoms with E-state index in [1.54, 1.807) is 12.1 Å². The van der Waals surface area contributed by atoms with E-state index in [9.17, 15) is 18.4 Å². The lowest BCUT2D eigenvalue weighted by Gasteiger charge is -2.18. The van der Waals surface area contributed by atoms with Gasteiger partial charge in [0.1, 0.15) is 6.04 Å². The fourth-order valence-electron chi connectivity index (χ4n) is 4.24. The minimum Gasteiger partial charge on any atom is -0.320 e. The maximum absolute atomic E-state index is 13.7. The van der Waals surface area contributed by atoms with Gasteiger partial charge in [0, 0.05) is 41.4 Å². The van der Waals surface area contributed by atoms with Gasteiger partial charge < -0.3 is 4.90 Å². The minimum absolute atomic E-state index is 0.151. The molecule has 0 unspecified atom stereocenters. The average molecular weight is 494 g/mol. The quantitative estimate of drug-likeness (QED) is 0.304. The van der Waals surface area contributed by atoms with Crippen LogP contribution in [-0.4, -0.2) is 40.1 Å². The number of hydrogen-bond donors (Lipinski definition) is 0. The molecule has 1 fully saturated rings. The highest BCUT2D eigenvalue weighted by atomic mass is 35.5. The van der Waals surface area contributed by atoms with Gasteiger partial charge in [0.2, 0.25) is 5.91 Å². The number of amides is 1. The van der Waals surface area contributed by atoms with E-state index in [1.165, 1.54) is 6.20 Å². The smallest absolute Gasteiger partial charge is 0.268 e. The average Bonchev–Trinajstić information content (AvgIpc) is 3.17. The molecule has 1 aliphatic heterocycles. The summed E-state index contributed by atoms with van der Waals surface area (Å²) in [5.74, 6) is -4.00. The Balaban J connectivity index is 1.53. The maximum atomic E-state index is 13.7. The minimum atomic E-state index is -3.09. The van der Waals surface area contributed by atoms with Crippen molar-refractivity contribution in [2.24, 2.45) is 0 Å². The van der Waals surface area contributed by atoms with Crippen LogP contribution in [0.25, 0.3) is 22.6 Å². The summed E-state index contributed by atoms with van der Waals surface area (Å²) in [5, 5.41) is 10.4.